The number of rotatable bonds is 6. The smallest absolute Gasteiger partial charge is 0.317 e. The predicted octanol–water partition coefficient (Wildman–Crippen LogP) is 2.39. The first-order valence-corrected chi connectivity index (χ1v) is 7.55. The fourth-order valence-corrected chi connectivity index (χ4v) is 3.65. The van der Waals surface area contributed by atoms with Crippen molar-refractivity contribution < 1.29 is 13.6 Å². The van der Waals surface area contributed by atoms with Gasteiger partial charge in [0.2, 0.25) is 0 Å². The highest BCUT2D eigenvalue weighted by atomic mass is 31.2. The van der Waals surface area contributed by atoms with Crippen LogP contribution in [0.15, 0.2) is 0 Å². The van der Waals surface area contributed by atoms with Crippen molar-refractivity contribution in [2.45, 2.75) is 39.2 Å². The molecule has 1 saturated heterocycles. The molecule has 1 atom stereocenters. The van der Waals surface area contributed by atoms with Crippen molar-refractivity contribution in [3.63, 3.8) is 0 Å². The van der Waals surface area contributed by atoms with Gasteiger partial charge in [0, 0.05) is 6.16 Å². The van der Waals surface area contributed by atoms with Gasteiger partial charge in [-0.3, -0.25) is 4.57 Å². The first-order chi connectivity index (χ1) is 7.20. The molecule has 15 heavy (non-hydrogen) atoms. The van der Waals surface area contributed by atoms with E-state index in [4.69, 9.17) is 9.05 Å². The molecule has 0 bridgehead atoms. The molecule has 1 N–H and O–H groups in total. The molecular weight excluding hydrogens is 213 g/mol. The summed E-state index contributed by atoms with van der Waals surface area (Å²) in [7, 11) is -2.82. The number of piperidine rings is 1. The lowest BCUT2D eigenvalue weighted by atomic mass is 10.1. The van der Waals surface area contributed by atoms with Crippen LogP contribution in [-0.4, -0.2) is 32.0 Å². The Labute approximate surface area is 92.3 Å². The van der Waals surface area contributed by atoms with Gasteiger partial charge < -0.3 is 14.4 Å². The van der Waals surface area contributed by atoms with Gasteiger partial charge in [-0.1, -0.05) is 6.92 Å². The van der Waals surface area contributed by atoms with E-state index >= 15 is 0 Å². The van der Waals surface area contributed by atoms with Crippen LogP contribution >= 0.6 is 7.60 Å². The summed E-state index contributed by atoms with van der Waals surface area (Å²) in [5.41, 5.74) is 0. The molecular formula is C10H22NO3P. The summed E-state index contributed by atoms with van der Waals surface area (Å²) in [6, 6.07) is 0. The lowest BCUT2D eigenvalue weighted by Gasteiger charge is -2.27. The summed E-state index contributed by atoms with van der Waals surface area (Å²) in [5, 5.41) is 3.25. The normalized spacial score (nSPS) is 22.5. The highest BCUT2D eigenvalue weighted by Gasteiger charge is 2.28. The van der Waals surface area contributed by atoms with E-state index in [1.807, 2.05) is 13.8 Å². The van der Waals surface area contributed by atoms with Crippen LogP contribution in [0.2, 0.25) is 0 Å². The molecule has 90 valence electrons. The predicted molar refractivity (Wildman–Crippen MR) is 61.4 cm³/mol. The Balaban J connectivity index is 2.45. The number of nitrogens with one attached hydrogen (secondary N) is 1. The summed E-state index contributed by atoms with van der Waals surface area (Å²) >= 11 is 0. The van der Waals surface area contributed by atoms with E-state index in [2.05, 4.69) is 5.32 Å². The Morgan fingerprint density at radius 2 is 2.00 bits per heavy atom. The number of hydrogen-bond donors (Lipinski definition) is 1. The van der Waals surface area contributed by atoms with E-state index in [1.54, 1.807) is 0 Å². The van der Waals surface area contributed by atoms with Crippen LogP contribution in [0, 0.1) is 0 Å². The largest absolute Gasteiger partial charge is 0.330 e. The molecule has 0 spiro atoms. The van der Waals surface area contributed by atoms with Crippen molar-refractivity contribution in [3.8, 4) is 0 Å². The van der Waals surface area contributed by atoms with Gasteiger partial charge in [0.1, 0.15) is 0 Å². The molecule has 0 aromatic heterocycles. The van der Waals surface area contributed by atoms with Crippen LogP contribution < -0.4 is 5.32 Å². The van der Waals surface area contributed by atoms with Crippen LogP contribution in [0.25, 0.3) is 0 Å². The van der Waals surface area contributed by atoms with Gasteiger partial charge in [-0.15, -0.1) is 0 Å². The van der Waals surface area contributed by atoms with E-state index in [0.717, 1.165) is 32.4 Å². The van der Waals surface area contributed by atoms with E-state index in [1.165, 1.54) is 0 Å². The Morgan fingerprint density at radius 3 is 2.53 bits per heavy atom. The Morgan fingerprint density at radius 1 is 1.33 bits per heavy atom. The maximum Gasteiger partial charge on any atom is 0.330 e. The fourth-order valence-electron chi connectivity index (χ4n) is 1.75. The second-order valence-electron chi connectivity index (χ2n) is 3.81. The zero-order valence-corrected chi connectivity index (χ0v) is 10.6. The van der Waals surface area contributed by atoms with Crippen LogP contribution in [-0.2, 0) is 13.6 Å². The SMILES string of the molecule is CCCP(=O)(OCC)OC1CCNCC1. The van der Waals surface area contributed by atoms with Gasteiger partial charge in [0.05, 0.1) is 12.7 Å². The lowest BCUT2D eigenvalue weighted by molar-refractivity contribution is 0.124. The molecule has 1 rings (SSSR count). The topological polar surface area (TPSA) is 47.6 Å². The molecule has 1 unspecified atom stereocenters. The van der Waals surface area contributed by atoms with Crippen LogP contribution in [0.4, 0.5) is 0 Å². The van der Waals surface area contributed by atoms with Gasteiger partial charge in [0.25, 0.3) is 0 Å². The maximum atomic E-state index is 12.2. The summed E-state index contributed by atoms with van der Waals surface area (Å²) in [6.07, 6.45) is 3.34. The van der Waals surface area contributed by atoms with Crippen molar-refractivity contribution >= 4 is 7.60 Å². The molecule has 0 aromatic rings. The molecule has 0 aromatic carbocycles. The minimum absolute atomic E-state index is 0.107. The van der Waals surface area contributed by atoms with E-state index in [-0.39, 0.29) is 6.10 Å². The summed E-state index contributed by atoms with van der Waals surface area (Å²) in [6.45, 7) is 6.21. The standard InChI is InChI=1S/C10H22NO3P/c1-3-9-15(12,13-4-2)14-10-5-7-11-8-6-10/h10-11H,3-9H2,1-2H3. The van der Waals surface area contributed by atoms with Crippen LogP contribution in [0.1, 0.15) is 33.1 Å². The first-order valence-electron chi connectivity index (χ1n) is 5.83. The zero-order chi connectivity index (χ0) is 11.1. The third-order valence-electron chi connectivity index (χ3n) is 2.42. The van der Waals surface area contributed by atoms with Gasteiger partial charge in [0.15, 0.2) is 0 Å². The summed E-state index contributed by atoms with van der Waals surface area (Å²) in [4.78, 5) is 0. The van der Waals surface area contributed by atoms with Crippen LogP contribution in [0.5, 0.6) is 0 Å². The minimum Gasteiger partial charge on any atom is -0.317 e. The third-order valence-corrected chi connectivity index (χ3v) is 4.68. The van der Waals surface area contributed by atoms with Crippen molar-refractivity contribution in [1.82, 2.24) is 5.32 Å². The second-order valence-corrected chi connectivity index (χ2v) is 5.95. The molecule has 0 radical (unpaired) electrons. The molecule has 0 amide bonds. The summed E-state index contributed by atoms with van der Waals surface area (Å²) < 4.78 is 23.2. The average molecular weight is 235 g/mol. The molecule has 1 aliphatic heterocycles. The number of hydrogen-bond acceptors (Lipinski definition) is 4. The van der Waals surface area contributed by atoms with Crippen molar-refractivity contribution in [2.75, 3.05) is 25.9 Å². The van der Waals surface area contributed by atoms with Crippen molar-refractivity contribution in [1.29, 1.82) is 0 Å². The maximum absolute atomic E-state index is 12.2. The molecule has 5 heteroatoms. The van der Waals surface area contributed by atoms with E-state index < -0.39 is 7.60 Å². The van der Waals surface area contributed by atoms with Gasteiger partial charge in [-0.25, -0.2) is 0 Å². The molecule has 0 saturated carbocycles. The molecule has 1 aliphatic rings. The monoisotopic (exact) mass is 235 g/mol. The average Bonchev–Trinajstić information content (AvgIpc) is 2.19. The molecule has 1 fully saturated rings. The Bertz CT molecular complexity index is 207. The first kappa shape index (κ1) is 13.2. The Kier molecular flexibility index (Phi) is 5.83. The highest BCUT2D eigenvalue weighted by Crippen LogP contribution is 2.50. The lowest BCUT2D eigenvalue weighted by Crippen LogP contribution is -2.32. The van der Waals surface area contributed by atoms with E-state index in [0.29, 0.717) is 12.8 Å². The second kappa shape index (κ2) is 6.64. The van der Waals surface area contributed by atoms with E-state index in [9.17, 15) is 4.57 Å². The van der Waals surface area contributed by atoms with Crippen molar-refractivity contribution in [2.24, 2.45) is 0 Å². The highest BCUT2D eigenvalue weighted by molar-refractivity contribution is 7.53. The third kappa shape index (κ3) is 4.64. The molecule has 0 aliphatic carbocycles. The molecule has 4 nitrogen and oxygen atoms in total. The fraction of sp³-hybridized carbons (Fsp3) is 1.00. The zero-order valence-electron chi connectivity index (χ0n) is 9.70. The van der Waals surface area contributed by atoms with Gasteiger partial charge in [-0.2, -0.15) is 0 Å². The van der Waals surface area contributed by atoms with Gasteiger partial charge in [-0.05, 0) is 39.3 Å². The quantitative estimate of drug-likeness (QED) is 0.718. The minimum atomic E-state index is -2.82. The van der Waals surface area contributed by atoms with Crippen LogP contribution in [0.3, 0.4) is 0 Å². The van der Waals surface area contributed by atoms with Gasteiger partial charge >= 0.3 is 7.60 Å². The Hall–Kier alpha value is 0.110. The van der Waals surface area contributed by atoms with Crippen molar-refractivity contribution in [3.05, 3.63) is 0 Å². The molecule has 1 heterocycles. The summed E-state index contributed by atoms with van der Waals surface area (Å²) in [5.74, 6) is 0.